The Balaban J connectivity index is 1.55. The van der Waals surface area contributed by atoms with Crippen molar-refractivity contribution in [1.82, 2.24) is 15.5 Å². The Morgan fingerprint density at radius 2 is 2.00 bits per heavy atom. The Bertz CT molecular complexity index is 1240. The van der Waals surface area contributed by atoms with Gasteiger partial charge in [0.25, 0.3) is 11.8 Å². The van der Waals surface area contributed by atoms with Crippen molar-refractivity contribution >= 4 is 28.8 Å². The van der Waals surface area contributed by atoms with Gasteiger partial charge in [0.1, 0.15) is 22.9 Å². The number of halogens is 1. The summed E-state index contributed by atoms with van der Waals surface area (Å²) in [7, 11) is 1.51. The van der Waals surface area contributed by atoms with E-state index in [1.165, 1.54) is 30.2 Å². The summed E-state index contributed by atoms with van der Waals surface area (Å²) in [4.78, 5) is 39.3. The van der Waals surface area contributed by atoms with Crippen LogP contribution in [0.3, 0.4) is 0 Å². The molecule has 152 valence electrons. The largest absolute Gasteiger partial charge is 0.497 e. The van der Waals surface area contributed by atoms with Crippen molar-refractivity contribution < 1.29 is 27.9 Å². The lowest BCUT2D eigenvalue weighted by Crippen LogP contribution is -2.52. The van der Waals surface area contributed by atoms with E-state index in [0.29, 0.717) is 16.7 Å². The third-order valence-corrected chi connectivity index (χ3v) is 5.47. The van der Waals surface area contributed by atoms with Gasteiger partial charge in [-0.2, -0.15) is 0 Å². The topological polar surface area (TPSA) is 101 Å². The molecule has 1 atom stereocenters. The van der Waals surface area contributed by atoms with E-state index in [9.17, 15) is 18.8 Å². The minimum atomic E-state index is -1.63. The molecule has 0 aliphatic carbocycles. The van der Waals surface area contributed by atoms with Crippen LogP contribution in [0.25, 0.3) is 11.0 Å². The predicted molar refractivity (Wildman–Crippen MR) is 102 cm³/mol. The van der Waals surface area contributed by atoms with E-state index in [4.69, 9.17) is 9.15 Å². The van der Waals surface area contributed by atoms with Crippen molar-refractivity contribution in [1.29, 1.82) is 0 Å². The van der Waals surface area contributed by atoms with Crippen molar-refractivity contribution in [3.8, 4) is 5.75 Å². The number of amides is 4. The van der Waals surface area contributed by atoms with Crippen molar-refractivity contribution in [3.05, 3.63) is 65.2 Å². The highest BCUT2D eigenvalue weighted by Gasteiger charge is 2.53. The number of rotatable bonds is 4. The van der Waals surface area contributed by atoms with E-state index in [-0.39, 0.29) is 30.3 Å². The minimum absolute atomic E-state index is 0.118. The van der Waals surface area contributed by atoms with Crippen LogP contribution in [0, 0.1) is 5.82 Å². The molecule has 9 heteroatoms. The smallest absolute Gasteiger partial charge is 0.322 e. The first-order valence-electron chi connectivity index (χ1n) is 9.19. The molecule has 2 aliphatic rings. The van der Waals surface area contributed by atoms with Gasteiger partial charge in [0.05, 0.1) is 13.7 Å². The first-order chi connectivity index (χ1) is 14.4. The van der Waals surface area contributed by atoms with Gasteiger partial charge >= 0.3 is 6.03 Å². The summed E-state index contributed by atoms with van der Waals surface area (Å²) in [6.07, 6.45) is 0. The van der Waals surface area contributed by atoms with E-state index in [1.54, 1.807) is 24.3 Å². The summed E-state index contributed by atoms with van der Waals surface area (Å²) in [5, 5.41) is 5.38. The van der Waals surface area contributed by atoms with Crippen LogP contribution in [-0.2, 0) is 16.9 Å². The summed E-state index contributed by atoms with van der Waals surface area (Å²) < 4.78 is 24.5. The lowest BCUT2D eigenvalue weighted by molar-refractivity contribution is -0.125. The second-order valence-electron chi connectivity index (χ2n) is 7.29. The molecule has 2 aliphatic heterocycles. The third kappa shape index (κ3) is 2.62. The van der Waals surface area contributed by atoms with Gasteiger partial charge in [-0.15, -0.1) is 0 Å². The number of nitrogens with zero attached hydrogens (tertiary/aromatic N) is 1. The van der Waals surface area contributed by atoms with E-state index in [0.717, 1.165) is 5.56 Å². The monoisotopic (exact) mass is 409 g/mol. The van der Waals surface area contributed by atoms with Crippen LogP contribution >= 0.6 is 0 Å². The molecule has 1 fully saturated rings. The Labute approximate surface area is 169 Å². The van der Waals surface area contributed by atoms with Crippen molar-refractivity contribution in [2.45, 2.75) is 12.1 Å². The molecule has 8 nitrogen and oxygen atoms in total. The molecule has 0 saturated carbocycles. The number of imide groups is 1. The van der Waals surface area contributed by atoms with Crippen LogP contribution in [0.2, 0.25) is 0 Å². The van der Waals surface area contributed by atoms with E-state index in [1.807, 2.05) is 0 Å². The summed E-state index contributed by atoms with van der Waals surface area (Å²) >= 11 is 0. The highest BCUT2D eigenvalue weighted by Crippen LogP contribution is 2.35. The zero-order valence-corrected chi connectivity index (χ0v) is 15.8. The number of methoxy groups -OCH3 is 1. The maximum Gasteiger partial charge on any atom is 0.322 e. The molecule has 0 radical (unpaired) electrons. The van der Waals surface area contributed by atoms with Gasteiger partial charge in [0.2, 0.25) is 0 Å². The van der Waals surface area contributed by atoms with Crippen LogP contribution < -0.4 is 15.4 Å². The average molecular weight is 409 g/mol. The van der Waals surface area contributed by atoms with Gasteiger partial charge in [-0.05, 0) is 35.9 Å². The lowest BCUT2D eigenvalue weighted by atomic mass is 9.95. The quantitative estimate of drug-likeness (QED) is 0.644. The predicted octanol–water partition coefficient (Wildman–Crippen LogP) is 2.27. The maximum absolute atomic E-state index is 13.6. The number of nitrogens with one attached hydrogen (secondary N) is 2. The van der Waals surface area contributed by atoms with Crippen LogP contribution in [0.5, 0.6) is 5.75 Å². The van der Waals surface area contributed by atoms with Crippen molar-refractivity contribution in [2.75, 3.05) is 13.7 Å². The number of carbonyl (C=O) groups is 3. The molecule has 0 unspecified atom stereocenters. The molecule has 2 N–H and O–H groups in total. The number of carbonyl (C=O) groups excluding carboxylic acids is 3. The Morgan fingerprint density at radius 1 is 1.17 bits per heavy atom. The van der Waals surface area contributed by atoms with Gasteiger partial charge in [-0.25, -0.2) is 9.18 Å². The van der Waals surface area contributed by atoms with Crippen LogP contribution in [0.1, 0.15) is 21.7 Å². The Hall–Kier alpha value is -3.88. The number of fused-ring (bicyclic) bond motifs is 2. The molecule has 3 heterocycles. The second-order valence-corrected chi connectivity index (χ2v) is 7.29. The summed E-state index contributed by atoms with van der Waals surface area (Å²) in [6, 6.07) is 10.0. The summed E-state index contributed by atoms with van der Waals surface area (Å²) in [5.41, 5.74) is -0.138. The fourth-order valence-corrected chi connectivity index (χ4v) is 3.95. The Morgan fingerprint density at radius 3 is 2.73 bits per heavy atom. The molecule has 1 saturated heterocycles. The van der Waals surface area contributed by atoms with Crippen LogP contribution in [0.4, 0.5) is 9.18 Å². The standard InChI is InChI=1S/C21H16FN3O5/c1-29-14-5-3-12-9-25(18(26)15(12)8-14)10-21(19(27)23-20(28)24-21)17-6-11-2-4-13(22)7-16(11)30-17/h2-8H,9-10H2,1H3,(H2,23,24,27,28)/t21-/m0/s1. The van der Waals surface area contributed by atoms with Gasteiger partial charge in [-0.3, -0.25) is 14.9 Å². The number of hydrogen-bond acceptors (Lipinski definition) is 5. The van der Waals surface area contributed by atoms with Crippen LogP contribution in [-0.4, -0.2) is 36.4 Å². The summed E-state index contributed by atoms with van der Waals surface area (Å²) in [5.74, 6) is -0.762. The number of urea groups is 1. The lowest BCUT2D eigenvalue weighted by Gasteiger charge is -2.29. The normalized spacial score (nSPS) is 20.5. The fraction of sp³-hybridized carbons (Fsp3) is 0.190. The molecule has 2 aromatic carbocycles. The first-order valence-corrected chi connectivity index (χ1v) is 9.19. The van der Waals surface area contributed by atoms with Crippen molar-refractivity contribution in [3.63, 3.8) is 0 Å². The molecule has 0 spiro atoms. The van der Waals surface area contributed by atoms with Gasteiger partial charge in [0.15, 0.2) is 5.54 Å². The highest BCUT2D eigenvalue weighted by atomic mass is 19.1. The van der Waals surface area contributed by atoms with Gasteiger partial charge in [0, 0.05) is 23.6 Å². The van der Waals surface area contributed by atoms with E-state index < -0.39 is 23.3 Å². The molecule has 1 aromatic heterocycles. The van der Waals surface area contributed by atoms with E-state index >= 15 is 0 Å². The molecule has 0 bridgehead atoms. The zero-order chi connectivity index (χ0) is 21.0. The van der Waals surface area contributed by atoms with Gasteiger partial charge < -0.3 is 19.4 Å². The van der Waals surface area contributed by atoms with E-state index in [2.05, 4.69) is 10.6 Å². The van der Waals surface area contributed by atoms with Crippen molar-refractivity contribution in [2.24, 2.45) is 0 Å². The van der Waals surface area contributed by atoms with Crippen LogP contribution in [0.15, 0.2) is 46.9 Å². The fourth-order valence-electron chi connectivity index (χ4n) is 3.95. The minimum Gasteiger partial charge on any atom is -0.497 e. The third-order valence-electron chi connectivity index (χ3n) is 5.47. The molecular formula is C21H16FN3O5. The molecule has 3 aromatic rings. The number of ether oxygens (including phenoxy) is 1. The Kier molecular flexibility index (Phi) is 3.82. The first kappa shape index (κ1) is 18.2. The average Bonchev–Trinajstić information content (AvgIpc) is 3.36. The number of hydrogen-bond donors (Lipinski definition) is 2. The number of furan rings is 1. The summed E-state index contributed by atoms with van der Waals surface area (Å²) in [6.45, 7) is 0.112. The maximum atomic E-state index is 13.6. The zero-order valence-electron chi connectivity index (χ0n) is 15.8. The molecule has 30 heavy (non-hydrogen) atoms. The highest BCUT2D eigenvalue weighted by molar-refractivity contribution is 6.08. The molecule has 5 rings (SSSR count). The van der Waals surface area contributed by atoms with Gasteiger partial charge in [-0.1, -0.05) is 6.07 Å². The second kappa shape index (κ2) is 6.31. The molecule has 4 amide bonds. The number of benzene rings is 2. The SMILES string of the molecule is COc1ccc2c(c1)C(=O)N(C[C@@]1(c3cc4ccc(F)cc4o3)NC(=O)NC1=O)C2. The molecular weight excluding hydrogens is 393 g/mol.